The average Bonchev–Trinajstić information content (AvgIpc) is 2.59. The first-order valence-electron chi connectivity index (χ1n) is 9.89. The molecule has 2 rings (SSSR count). The molecule has 0 radical (unpaired) electrons. The number of amides is 1. The lowest BCUT2D eigenvalue weighted by Gasteiger charge is -2.27. The van der Waals surface area contributed by atoms with E-state index in [9.17, 15) is 13.2 Å². The van der Waals surface area contributed by atoms with Gasteiger partial charge in [-0.15, -0.1) is 0 Å². The Labute approximate surface area is 175 Å². The predicted molar refractivity (Wildman–Crippen MR) is 120 cm³/mol. The summed E-state index contributed by atoms with van der Waals surface area (Å²) < 4.78 is 26.3. The topological polar surface area (TPSA) is 66.5 Å². The van der Waals surface area contributed by atoms with Crippen molar-refractivity contribution < 1.29 is 13.2 Å². The number of nitrogens with zero attached hydrogens (tertiary/aromatic N) is 1. The minimum Gasteiger partial charge on any atom is -0.348 e. The monoisotopic (exact) mass is 416 g/mol. The molecule has 0 saturated carbocycles. The summed E-state index contributed by atoms with van der Waals surface area (Å²) in [6, 6.07) is 13.5. The van der Waals surface area contributed by atoms with E-state index < -0.39 is 10.0 Å². The number of hydrogen-bond acceptors (Lipinski definition) is 3. The summed E-state index contributed by atoms with van der Waals surface area (Å²) in [4.78, 5) is 12.9. The van der Waals surface area contributed by atoms with Gasteiger partial charge in [0.1, 0.15) is 6.54 Å². The van der Waals surface area contributed by atoms with E-state index >= 15 is 0 Å². The number of carbonyl (C=O) groups excluding carboxylic acids is 1. The fourth-order valence-electron chi connectivity index (χ4n) is 3.73. The molecule has 0 aromatic heterocycles. The van der Waals surface area contributed by atoms with Gasteiger partial charge < -0.3 is 5.32 Å². The number of benzene rings is 2. The van der Waals surface area contributed by atoms with Gasteiger partial charge in [0.2, 0.25) is 15.9 Å². The highest BCUT2D eigenvalue weighted by atomic mass is 32.2. The van der Waals surface area contributed by atoms with Crippen molar-refractivity contribution >= 4 is 21.6 Å². The SMILES string of the molecule is Cc1cc(C)c(N(CC(=O)NC(CC(C)C)c2ccccc2)S(C)(=O)=O)c(C)c1. The van der Waals surface area contributed by atoms with Crippen molar-refractivity contribution in [1.82, 2.24) is 5.32 Å². The second-order valence-corrected chi connectivity index (χ2v) is 10.1. The molecule has 5 nitrogen and oxygen atoms in total. The lowest BCUT2D eigenvalue weighted by Crippen LogP contribution is -2.42. The van der Waals surface area contributed by atoms with Gasteiger partial charge in [-0.3, -0.25) is 9.10 Å². The largest absolute Gasteiger partial charge is 0.348 e. The Kier molecular flexibility index (Phi) is 7.47. The number of hydrogen-bond donors (Lipinski definition) is 1. The molecule has 0 saturated heterocycles. The van der Waals surface area contributed by atoms with Crippen LogP contribution in [0.4, 0.5) is 5.69 Å². The van der Waals surface area contributed by atoms with Crippen LogP contribution in [0.3, 0.4) is 0 Å². The van der Waals surface area contributed by atoms with Gasteiger partial charge in [-0.25, -0.2) is 8.42 Å². The second-order valence-electron chi connectivity index (χ2n) is 8.18. The molecule has 0 bridgehead atoms. The third-order valence-corrected chi connectivity index (χ3v) is 5.93. The fraction of sp³-hybridized carbons (Fsp3) is 0.435. The molecule has 6 heteroatoms. The van der Waals surface area contributed by atoms with E-state index in [0.29, 0.717) is 11.6 Å². The Morgan fingerprint density at radius 1 is 1.03 bits per heavy atom. The first-order valence-corrected chi connectivity index (χ1v) is 11.7. The van der Waals surface area contributed by atoms with Crippen LogP contribution in [-0.4, -0.2) is 27.1 Å². The summed E-state index contributed by atoms with van der Waals surface area (Å²) in [5.41, 5.74) is 4.32. The van der Waals surface area contributed by atoms with Crippen LogP contribution in [0.2, 0.25) is 0 Å². The predicted octanol–water partition coefficient (Wildman–Crippen LogP) is 4.28. The number of carbonyl (C=O) groups is 1. The van der Waals surface area contributed by atoms with Crippen LogP contribution in [-0.2, 0) is 14.8 Å². The Hall–Kier alpha value is -2.34. The van der Waals surface area contributed by atoms with Crippen LogP contribution in [0.25, 0.3) is 0 Å². The van der Waals surface area contributed by atoms with Crippen LogP contribution >= 0.6 is 0 Å². The summed E-state index contributed by atoms with van der Waals surface area (Å²) in [6.45, 7) is 9.67. The average molecular weight is 417 g/mol. The maximum atomic E-state index is 12.9. The van der Waals surface area contributed by atoms with E-state index in [4.69, 9.17) is 0 Å². The van der Waals surface area contributed by atoms with Crippen molar-refractivity contribution in [2.45, 2.75) is 47.1 Å². The fourth-order valence-corrected chi connectivity index (χ4v) is 4.70. The van der Waals surface area contributed by atoms with Crippen molar-refractivity contribution in [3.05, 3.63) is 64.7 Å². The number of nitrogens with one attached hydrogen (secondary N) is 1. The highest BCUT2D eigenvalue weighted by Gasteiger charge is 2.25. The summed E-state index contributed by atoms with van der Waals surface area (Å²) in [5, 5.41) is 3.04. The summed E-state index contributed by atoms with van der Waals surface area (Å²) in [6.07, 6.45) is 1.92. The van der Waals surface area contributed by atoms with E-state index in [1.54, 1.807) is 0 Å². The lowest BCUT2D eigenvalue weighted by molar-refractivity contribution is -0.120. The Morgan fingerprint density at radius 3 is 2.07 bits per heavy atom. The maximum absolute atomic E-state index is 12.9. The third-order valence-electron chi connectivity index (χ3n) is 4.82. The van der Waals surface area contributed by atoms with Crippen molar-refractivity contribution in [3.8, 4) is 0 Å². The maximum Gasteiger partial charge on any atom is 0.241 e. The first-order chi connectivity index (χ1) is 13.5. The molecule has 0 aliphatic heterocycles. The number of sulfonamides is 1. The smallest absolute Gasteiger partial charge is 0.241 e. The van der Waals surface area contributed by atoms with Gasteiger partial charge in [0.15, 0.2) is 0 Å². The van der Waals surface area contributed by atoms with Crippen LogP contribution < -0.4 is 9.62 Å². The summed E-state index contributed by atoms with van der Waals surface area (Å²) >= 11 is 0. The summed E-state index contributed by atoms with van der Waals surface area (Å²) in [5.74, 6) is 0.0670. The highest BCUT2D eigenvalue weighted by Crippen LogP contribution is 2.28. The molecule has 0 heterocycles. The van der Waals surface area contributed by atoms with Crippen LogP contribution in [0.5, 0.6) is 0 Å². The van der Waals surface area contributed by atoms with E-state index in [-0.39, 0.29) is 18.5 Å². The zero-order chi connectivity index (χ0) is 21.8. The molecule has 2 aromatic rings. The minimum absolute atomic E-state index is 0.162. The van der Waals surface area contributed by atoms with Crippen molar-refractivity contribution in [3.63, 3.8) is 0 Å². The zero-order valence-electron chi connectivity index (χ0n) is 18.2. The molecule has 2 aromatic carbocycles. The third kappa shape index (κ3) is 6.32. The first kappa shape index (κ1) is 22.9. The number of aryl methyl sites for hydroxylation is 3. The van der Waals surface area contributed by atoms with Gasteiger partial charge in [0.05, 0.1) is 18.0 Å². The summed E-state index contributed by atoms with van der Waals surface area (Å²) in [7, 11) is -3.62. The molecular weight excluding hydrogens is 384 g/mol. The molecule has 1 unspecified atom stereocenters. The standard InChI is InChI=1S/C23H32N2O3S/c1-16(2)12-21(20-10-8-7-9-11-20)24-22(26)15-25(29(6,27)28)23-18(4)13-17(3)14-19(23)5/h7-11,13-14,16,21H,12,15H2,1-6H3,(H,24,26). The number of rotatable bonds is 8. The highest BCUT2D eigenvalue weighted by molar-refractivity contribution is 7.92. The van der Waals surface area contributed by atoms with Gasteiger partial charge in [-0.1, -0.05) is 61.9 Å². The second kappa shape index (κ2) is 9.44. The molecule has 0 fully saturated rings. The van der Waals surface area contributed by atoms with Gasteiger partial charge in [0.25, 0.3) is 0 Å². The molecular formula is C23H32N2O3S. The minimum atomic E-state index is -3.62. The normalized spacial score (nSPS) is 12.7. The molecule has 0 spiro atoms. The molecule has 0 aliphatic rings. The van der Waals surface area contributed by atoms with Crippen LogP contribution in [0, 0.1) is 26.7 Å². The zero-order valence-corrected chi connectivity index (χ0v) is 19.0. The van der Waals surface area contributed by atoms with Gasteiger partial charge in [-0.2, -0.15) is 0 Å². The molecule has 1 atom stereocenters. The van der Waals surface area contributed by atoms with E-state index in [1.807, 2.05) is 63.2 Å². The van der Waals surface area contributed by atoms with Crippen molar-refractivity contribution in [1.29, 1.82) is 0 Å². The molecule has 0 aliphatic carbocycles. The molecule has 158 valence electrons. The van der Waals surface area contributed by atoms with Gasteiger partial charge in [-0.05, 0) is 49.8 Å². The molecule has 1 N–H and O–H groups in total. The van der Waals surface area contributed by atoms with Crippen LogP contribution in [0.15, 0.2) is 42.5 Å². The van der Waals surface area contributed by atoms with E-state index in [1.165, 1.54) is 4.31 Å². The van der Waals surface area contributed by atoms with Gasteiger partial charge in [0, 0.05) is 0 Å². The molecule has 29 heavy (non-hydrogen) atoms. The van der Waals surface area contributed by atoms with Gasteiger partial charge >= 0.3 is 0 Å². The van der Waals surface area contributed by atoms with E-state index in [0.717, 1.165) is 34.9 Å². The Morgan fingerprint density at radius 2 is 1.59 bits per heavy atom. The lowest BCUT2D eigenvalue weighted by atomic mass is 9.97. The van der Waals surface area contributed by atoms with Crippen molar-refractivity contribution in [2.24, 2.45) is 5.92 Å². The Balaban J connectivity index is 2.31. The van der Waals surface area contributed by atoms with Crippen molar-refractivity contribution in [2.75, 3.05) is 17.1 Å². The molecule has 1 amide bonds. The number of anilines is 1. The quantitative estimate of drug-likeness (QED) is 0.698. The van der Waals surface area contributed by atoms with Crippen LogP contribution in [0.1, 0.15) is 48.6 Å². The Bertz CT molecular complexity index is 930. The van der Waals surface area contributed by atoms with E-state index in [2.05, 4.69) is 19.2 Å².